The van der Waals surface area contributed by atoms with Crippen LogP contribution < -0.4 is 5.32 Å². The largest absolute Gasteiger partial charge is 0.480 e. The molecule has 0 aromatic heterocycles. The molecule has 1 aliphatic heterocycles. The van der Waals surface area contributed by atoms with Gasteiger partial charge in [0.1, 0.15) is 6.04 Å². The Bertz CT molecular complexity index is 224. The zero-order valence-corrected chi connectivity index (χ0v) is 10.1. The van der Waals surface area contributed by atoms with Gasteiger partial charge in [0.05, 0.1) is 18.9 Å². The highest BCUT2D eigenvalue weighted by Gasteiger charge is 2.34. The van der Waals surface area contributed by atoms with E-state index in [0.29, 0.717) is 0 Å². The molecule has 1 heterocycles. The summed E-state index contributed by atoms with van der Waals surface area (Å²) in [6, 6.07) is -0.547. The summed E-state index contributed by atoms with van der Waals surface area (Å²) in [7, 11) is 1.54. The molecule has 1 aliphatic rings. The maximum atomic E-state index is 11.2. The number of nitrogens with one attached hydrogen (secondary N) is 1. The standard InChI is InChI=1S/C11H21NO4/c1-7-4-9(5-8(2)16-7)10(11(13)14)12-6-15-3/h7-10,12H,4-6H2,1-3H3,(H,13,14). The van der Waals surface area contributed by atoms with Crippen molar-refractivity contribution in [2.24, 2.45) is 5.92 Å². The highest BCUT2D eigenvalue weighted by molar-refractivity contribution is 5.73. The van der Waals surface area contributed by atoms with E-state index in [-0.39, 0.29) is 24.9 Å². The van der Waals surface area contributed by atoms with Gasteiger partial charge in [0.2, 0.25) is 0 Å². The summed E-state index contributed by atoms with van der Waals surface area (Å²) in [6.45, 7) is 4.23. The maximum Gasteiger partial charge on any atom is 0.321 e. The van der Waals surface area contributed by atoms with Gasteiger partial charge in [0, 0.05) is 7.11 Å². The molecule has 1 fully saturated rings. The second-order valence-corrected chi connectivity index (χ2v) is 4.44. The predicted octanol–water partition coefficient (Wildman–Crippen LogP) is 0.837. The Hall–Kier alpha value is -0.650. The topological polar surface area (TPSA) is 67.8 Å². The summed E-state index contributed by atoms with van der Waals surface area (Å²) >= 11 is 0. The molecule has 0 bridgehead atoms. The lowest BCUT2D eigenvalue weighted by molar-refractivity contribution is -0.144. The Morgan fingerprint density at radius 2 is 2.06 bits per heavy atom. The van der Waals surface area contributed by atoms with Crippen molar-refractivity contribution < 1.29 is 19.4 Å². The van der Waals surface area contributed by atoms with E-state index in [0.717, 1.165) is 12.8 Å². The minimum Gasteiger partial charge on any atom is -0.480 e. The molecule has 0 aliphatic carbocycles. The molecule has 0 aromatic rings. The van der Waals surface area contributed by atoms with Crippen molar-refractivity contribution in [2.75, 3.05) is 13.8 Å². The number of ether oxygens (including phenoxy) is 2. The van der Waals surface area contributed by atoms with Crippen LogP contribution >= 0.6 is 0 Å². The van der Waals surface area contributed by atoms with Gasteiger partial charge in [0.15, 0.2) is 0 Å². The van der Waals surface area contributed by atoms with Crippen LogP contribution in [0, 0.1) is 5.92 Å². The molecule has 2 N–H and O–H groups in total. The normalized spacial score (nSPS) is 32.3. The van der Waals surface area contributed by atoms with Crippen molar-refractivity contribution in [1.29, 1.82) is 0 Å². The van der Waals surface area contributed by atoms with Crippen LogP contribution in [0.5, 0.6) is 0 Å². The van der Waals surface area contributed by atoms with Crippen molar-refractivity contribution in [2.45, 2.75) is 44.9 Å². The van der Waals surface area contributed by atoms with Gasteiger partial charge in [-0.25, -0.2) is 0 Å². The molecule has 1 rings (SSSR count). The molecule has 5 nitrogen and oxygen atoms in total. The van der Waals surface area contributed by atoms with Gasteiger partial charge in [-0.1, -0.05) is 0 Å². The first-order chi connectivity index (χ1) is 7.54. The summed E-state index contributed by atoms with van der Waals surface area (Å²) in [5.74, 6) is -0.713. The number of carboxylic acids is 1. The van der Waals surface area contributed by atoms with Crippen LogP contribution in [0.2, 0.25) is 0 Å². The molecule has 1 saturated heterocycles. The van der Waals surface area contributed by atoms with E-state index in [2.05, 4.69) is 5.32 Å². The third-order valence-corrected chi connectivity index (χ3v) is 2.92. The van der Waals surface area contributed by atoms with Gasteiger partial charge in [-0.15, -0.1) is 0 Å². The van der Waals surface area contributed by atoms with Crippen LogP contribution in [0.25, 0.3) is 0 Å². The number of hydrogen-bond donors (Lipinski definition) is 2. The maximum absolute atomic E-state index is 11.2. The van der Waals surface area contributed by atoms with E-state index in [9.17, 15) is 4.79 Å². The Morgan fingerprint density at radius 1 is 1.50 bits per heavy atom. The SMILES string of the molecule is COCNC(C(=O)O)C1CC(C)OC(C)C1. The summed E-state index contributed by atoms with van der Waals surface area (Å²) in [5, 5.41) is 12.1. The van der Waals surface area contributed by atoms with Gasteiger partial charge < -0.3 is 14.6 Å². The van der Waals surface area contributed by atoms with Crippen LogP contribution in [0.1, 0.15) is 26.7 Å². The molecule has 5 heteroatoms. The first-order valence-electron chi connectivity index (χ1n) is 5.65. The van der Waals surface area contributed by atoms with Gasteiger partial charge in [0.25, 0.3) is 0 Å². The molecule has 94 valence electrons. The van der Waals surface area contributed by atoms with Gasteiger partial charge >= 0.3 is 5.97 Å². The molecule has 3 unspecified atom stereocenters. The van der Waals surface area contributed by atoms with Gasteiger partial charge in [-0.05, 0) is 32.6 Å². The minimum absolute atomic E-state index is 0.103. The highest BCUT2D eigenvalue weighted by Crippen LogP contribution is 2.27. The van der Waals surface area contributed by atoms with Crippen molar-refractivity contribution in [3.05, 3.63) is 0 Å². The molecule has 0 aromatic carbocycles. The first-order valence-corrected chi connectivity index (χ1v) is 5.65. The Labute approximate surface area is 96.1 Å². The Kier molecular flexibility index (Phi) is 5.18. The van der Waals surface area contributed by atoms with E-state index in [1.165, 1.54) is 0 Å². The molecule has 0 spiro atoms. The quantitative estimate of drug-likeness (QED) is 0.686. The molecule has 0 saturated carbocycles. The number of hydrogen-bond acceptors (Lipinski definition) is 4. The minimum atomic E-state index is -0.816. The third kappa shape index (κ3) is 3.73. The fourth-order valence-corrected chi connectivity index (χ4v) is 2.36. The average molecular weight is 231 g/mol. The smallest absolute Gasteiger partial charge is 0.321 e. The second-order valence-electron chi connectivity index (χ2n) is 4.44. The predicted molar refractivity (Wildman–Crippen MR) is 59.2 cm³/mol. The fourth-order valence-electron chi connectivity index (χ4n) is 2.36. The lowest BCUT2D eigenvalue weighted by Crippen LogP contribution is -2.47. The Morgan fingerprint density at radius 3 is 2.50 bits per heavy atom. The lowest BCUT2D eigenvalue weighted by Gasteiger charge is -2.35. The first kappa shape index (κ1) is 13.4. The van der Waals surface area contributed by atoms with Crippen LogP contribution in [-0.4, -0.2) is 43.2 Å². The molecule has 3 atom stereocenters. The van der Waals surface area contributed by atoms with Gasteiger partial charge in [-0.3, -0.25) is 10.1 Å². The summed E-state index contributed by atoms with van der Waals surface area (Å²) in [5.41, 5.74) is 0. The number of aliphatic carboxylic acids is 1. The molecule has 0 radical (unpaired) electrons. The zero-order chi connectivity index (χ0) is 12.1. The highest BCUT2D eigenvalue weighted by atomic mass is 16.5. The summed E-state index contributed by atoms with van der Waals surface area (Å²) < 4.78 is 10.5. The Balaban J connectivity index is 2.58. The summed E-state index contributed by atoms with van der Waals surface area (Å²) in [4.78, 5) is 11.2. The van der Waals surface area contributed by atoms with Crippen LogP contribution in [0.15, 0.2) is 0 Å². The van der Waals surface area contributed by atoms with E-state index in [1.54, 1.807) is 7.11 Å². The van der Waals surface area contributed by atoms with Crippen LogP contribution in [0.3, 0.4) is 0 Å². The summed E-state index contributed by atoms with van der Waals surface area (Å²) in [6.07, 6.45) is 1.80. The van der Waals surface area contributed by atoms with Crippen LogP contribution in [0.4, 0.5) is 0 Å². The zero-order valence-electron chi connectivity index (χ0n) is 10.1. The molecule has 0 amide bonds. The van der Waals surface area contributed by atoms with E-state index < -0.39 is 12.0 Å². The monoisotopic (exact) mass is 231 g/mol. The van der Waals surface area contributed by atoms with E-state index in [1.807, 2.05) is 13.8 Å². The molecule has 16 heavy (non-hydrogen) atoms. The van der Waals surface area contributed by atoms with Crippen molar-refractivity contribution in [3.63, 3.8) is 0 Å². The van der Waals surface area contributed by atoms with Gasteiger partial charge in [-0.2, -0.15) is 0 Å². The second kappa shape index (κ2) is 6.18. The van der Waals surface area contributed by atoms with E-state index in [4.69, 9.17) is 14.6 Å². The number of methoxy groups -OCH3 is 1. The van der Waals surface area contributed by atoms with Crippen molar-refractivity contribution >= 4 is 5.97 Å². The number of carbonyl (C=O) groups is 1. The van der Waals surface area contributed by atoms with Crippen molar-refractivity contribution in [3.8, 4) is 0 Å². The number of rotatable bonds is 5. The van der Waals surface area contributed by atoms with Crippen molar-refractivity contribution in [1.82, 2.24) is 5.32 Å². The fraction of sp³-hybridized carbons (Fsp3) is 0.909. The molecular weight excluding hydrogens is 210 g/mol. The lowest BCUT2D eigenvalue weighted by atomic mass is 9.86. The molecular formula is C11H21NO4. The average Bonchev–Trinajstić information content (AvgIpc) is 2.16. The van der Waals surface area contributed by atoms with E-state index >= 15 is 0 Å². The van der Waals surface area contributed by atoms with Crippen LogP contribution in [-0.2, 0) is 14.3 Å². The third-order valence-electron chi connectivity index (χ3n) is 2.92. The number of carboxylic acid groups (broad SMARTS) is 1.